The number of carbonyl (C=O) groups excluding carboxylic acids is 1. The van der Waals surface area contributed by atoms with E-state index in [-0.39, 0.29) is 22.5 Å². The number of allylic oxidation sites excluding steroid dienone is 2. The SMILES string of the molecule is Cc1ccc(-c2ccc(F)c(Cl)c2)cc1C1=C(O)CC(CC2CCOCC2)CC1=O. The number of halogens is 2. The van der Waals surface area contributed by atoms with Gasteiger partial charge < -0.3 is 9.84 Å². The minimum Gasteiger partial charge on any atom is -0.512 e. The van der Waals surface area contributed by atoms with Crippen LogP contribution < -0.4 is 0 Å². The highest BCUT2D eigenvalue weighted by atomic mass is 35.5. The molecule has 5 heteroatoms. The molecule has 1 atom stereocenters. The van der Waals surface area contributed by atoms with Crippen LogP contribution in [0.3, 0.4) is 0 Å². The van der Waals surface area contributed by atoms with Gasteiger partial charge >= 0.3 is 0 Å². The maximum atomic E-state index is 13.5. The quantitative estimate of drug-likeness (QED) is 0.603. The molecule has 1 saturated heterocycles. The molecule has 1 heterocycles. The molecule has 0 bridgehead atoms. The Bertz CT molecular complexity index is 992. The third-order valence-electron chi connectivity index (χ3n) is 6.29. The fourth-order valence-corrected chi connectivity index (χ4v) is 4.83. The van der Waals surface area contributed by atoms with Gasteiger partial charge in [-0.15, -0.1) is 0 Å². The minimum absolute atomic E-state index is 0.00630. The van der Waals surface area contributed by atoms with Gasteiger partial charge in [0, 0.05) is 26.1 Å². The molecule has 3 nitrogen and oxygen atoms in total. The van der Waals surface area contributed by atoms with Crippen molar-refractivity contribution in [1.82, 2.24) is 0 Å². The maximum absolute atomic E-state index is 13.5. The van der Waals surface area contributed by atoms with Gasteiger partial charge in [-0.3, -0.25) is 4.79 Å². The zero-order valence-corrected chi connectivity index (χ0v) is 17.8. The molecule has 30 heavy (non-hydrogen) atoms. The van der Waals surface area contributed by atoms with E-state index >= 15 is 0 Å². The fourth-order valence-electron chi connectivity index (χ4n) is 4.65. The Morgan fingerprint density at radius 3 is 2.47 bits per heavy atom. The van der Waals surface area contributed by atoms with Crippen molar-refractivity contribution in [3.63, 3.8) is 0 Å². The Labute approximate surface area is 181 Å². The van der Waals surface area contributed by atoms with Crippen LogP contribution in [0.15, 0.2) is 42.2 Å². The summed E-state index contributed by atoms with van der Waals surface area (Å²) in [4.78, 5) is 13.0. The smallest absolute Gasteiger partial charge is 0.167 e. The van der Waals surface area contributed by atoms with Gasteiger partial charge in [0.05, 0.1) is 10.6 Å². The highest BCUT2D eigenvalue weighted by molar-refractivity contribution is 6.31. The lowest BCUT2D eigenvalue weighted by atomic mass is 9.77. The molecule has 4 rings (SSSR count). The molecule has 0 radical (unpaired) electrons. The molecular formula is C25H26ClFO3. The second-order valence-electron chi connectivity index (χ2n) is 8.47. The maximum Gasteiger partial charge on any atom is 0.167 e. The van der Waals surface area contributed by atoms with E-state index in [1.165, 1.54) is 6.07 Å². The molecule has 0 spiro atoms. The molecule has 1 N–H and O–H groups in total. The van der Waals surface area contributed by atoms with E-state index in [0.717, 1.165) is 54.7 Å². The molecule has 1 unspecified atom stereocenters. The predicted molar refractivity (Wildman–Crippen MR) is 117 cm³/mol. The summed E-state index contributed by atoms with van der Waals surface area (Å²) in [6.45, 7) is 3.51. The second-order valence-corrected chi connectivity index (χ2v) is 8.88. The summed E-state index contributed by atoms with van der Waals surface area (Å²) in [7, 11) is 0. The molecule has 1 fully saturated rings. The first-order chi connectivity index (χ1) is 14.4. The van der Waals surface area contributed by atoms with Crippen molar-refractivity contribution >= 4 is 23.0 Å². The van der Waals surface area contributed by atoms with Crippen molar-refractivity contribution in [3.8, 4) is 11.1 Å². The zero-order chi connectivity index (χ0) is 21.3. The number of aryl methyl sites for hydroxylation is 1. The van der Waals surface area contributed by atoms with Crippen LogP contribution in [0.4, 0.5) is 4.39 Å². The highest BCUT2D eigenvalue weighted by Crippen LogP contribution is 2.38. The van der Waals surface area contributed by atoms with Crippen LogP contribution in [0.25, 0.3) is 16.7 Å². The zero-order valence-electron chi connectivity index (χ0n) is 17.1. The Kier molecular flexibility index (Phi) is 6.26. The predicted octanol–water partition coefficient (Wildman–Crippen LogP) is 6.52. The molecule has 2 aromatic carbocycles. The van der Waals surface area contributed by atoms with E-state index in [1.54, 1.807) is 12.1 Å². The summed E-state index contributed by atoms with van der Waals surface area (Å²) in [5.41, 5.74) is 3.67. The molecule has 0 aromatic heterocycles. The lowest BCUT2D eigenvalue weighted by molar-refractivity contribution is -0.115. The summed E-state index contributed by atoms with van der Waals surface area (Å²) in [5.74, 6) is 0.461. The Morgan fingerprint density at radius 1 is 1.07 bits per heavy atom. The van der Waals surface area contributed by atoms with Crippen LogP contribution in [0.5, 0.6) is 0 Å². The van der Waals surface area contributed by atoms with Gasteiger partial charge in [-0.1, -0.05) is 29.8 Å². The van der Waals surface area contributed by atoms with Gasteiger partial charge in [0.2, 0.25) is 0 Å². The third kappa shape index (κ3) is 4.45. The number of aliphatic hydroxyl groups is 1. The van der Waals surface area contributed by atoms with Gasteiger partial charge in [0.25, 0.3) is 0 Å². The van der Waals surface area contributed by atoms with Crippen molar-refractivity contribution in [2.24, 2.45) is 11.8 Å². The number of aliphatic hydroxyl groups excluding tert-OH is 1. The first kappa shape index (κ1) is 21.1. The fraction of sp³-hybridized carbons (Fsp3) is 0.400. The Morgan fingerprint density at radius 2 is 1.77 bits per heavy atom. The molecule has 0 saturated carbocycles. The van der Waals surface area contributed by atoms with Crippen LogP contribution >= 0.6 is 11.6 Å². The summed E-state index contributed by atoms with van der Waals surface area (Å²) in [6.07, 6.45) is 4.01. The average Bonchev–Trinajstić information content (AvgIpc) is 2.72. The Hall–Kier alpha value is -2.17. The van der Waals surface area contributed by atoms with Crippen LogP contribution in [-0.4, -0.2) is 24.1 Å². The first-order valence-electron chi connectivity index (χ1n) is 10.5. The summed E-state index contributed by atoms with van der Waals surface area (Å²) in [6, 6.07) is 10.3. The van der Waals surface area contributed by atoms with E-state index in [4.69, 9.17) is 16.3 Å². The summed E-state index contributed by atoms with van der Waals surface area (Å²) < 4.78 is 19.0. The lowest BCUT2D eigenvalue weighted by Crippen LogP contribution is -2.24. The lowest BCUT2D eigenvalue weighted by Gasteiger charge is -2.29. The van der Waals surface area contributed by atoms with Crippen LogP contribution in [0.2, 0.25) is 5.02 Å². The third-order valence-corrected chi connectivity index (χ3v) is 6.58. The molecule has 0 amide bonds. The minimum atomic E-state index is -0.467. The van der Waals surface area contributed by atoms with E-state index in [0.29, 0.717) is 24.3 Å². The van der Waals surface area contributed by atoms with E-state index in [2.05, 4.69) is 0 Å². The highest BCUT2D eigenvalue weighted by Gasteiger charge is 2.31. The van der Waals surface area contributed by atoms with Gasteiger partial charge in [0.1, 0.15) is 11.6 Å². The number of Topliss-reactive ketones (excluding diaryl/α,β-unsaturated/α-hetero) is 1. The van der Waals surface area contributed by atoms with Gasteiger partial charge in [-0.2, -0.15) is 0 Å². The first-order valence-corrected chi connectivity index (χ1v) is 10.9. The number of carbonyl (C=O) groups is 1. The molecule has 158 valence electrons. The second kappa shape index (κ2) is 8.91. The molecule has 2 aliphatic rings. The van der Waals surface area contributed by atoms with Crippen molar-refractivity contribution in [1.29, 1.82) is 0 Å². The van der Waals surface area contributed by atoms with E-state index in [9.17, 15) is 14.3 Å². The average molecular weight is 429 g/mol. The van der Waals surface area contributed by atoms with Crippen LogP contribution in [0, 0.1) is 24.6 Å². The molecular weight excluding hydrogens is 403 g/mol. The van der Waals surface area contributed by atoms with E-state index < -0.39 is 5.82 Å². The monoisotopic (exact) mass is 428 g/mol. The van der Waals surface area contributed by atoms with Crippen molar-refractivity contribution in [2.45, 2.75) is 39.0 Å². The molecule has 1 aliphatic carbocycles. The van der Waals surface area contributed by atoms with Gasteiger partial charge in [-0.05, 0) is 78.5 Å². The largest absolute Gasteiger partial charge is 0.512 e. The Balaban J connectivity index is 1.61. The number of benzene rings is 2. The number of hydrogen-bond donors (Lipinski definition) is 1. The standard InChI is InChI=1S/C25H26ClFO3/c1-15-2-3-18(19-4-5-22(27)21(26)14-19)13-20(15)25-23(28)11-17(12-24(25)29)10-16-6-8-30-9-7-16/h2-5,13-14,16-17,28H,6-12H2,1H3. The summed E-state index contributed by atoms with van der Waals surface area (Å²) >= 11 is 5.94. The van der Waals surface area contributed by atoms with Crippen molar-refractivity contribution < 1.29 is 19.0 Å². The van der Waals surface area contributed by atoms with Gasteiger partial charge in [-0.25, -0.2) is 4.39 Å². The number of ether oxygens (including phenoxy) is 1. The van der Waals surface area contributed by atoms with Crippen LogP contribution in [-0.2, 0) is 9.53 Å². The number of ketones is 1. The molecule has 2 aromatic rings. The number of hydrogen-bond acceptors (Lipinski definition) is 3. The van der Waals surface area contributed by atoms with E-state index in [1.807, 2.05) is 25.1 Å². The van der Waals surface area contributed by atoms with Crippen LogP contribution in [0.1, 0.15) is 43.2 Å². The topological polar surface area (TPSA) is 46.5 Å². The number of rotatable bonds is 4. The normalized spacial score (nSPS) is 20.6. The van der Waals surface area contributed by atoms with Crippen molar-refractivity contribution in [3.05, 3.63) is 64.1 Å². The van der Waals surface area contributed by atoms with Crippen molar-refractivity contribution in [2.75, 3.05) is 13.2 Å². The summed E-state index contributed by atoms with van der Waals surface area (Å²) in [5, 5.41) is 10.9. The van der Waals surface area contributed by atoms with Gasteiger partial charge in [0.15, 0.2) is 5.78 Å². The molecule has 1 aliphatic heterocycles.